The molecule has 1 saturated carbocycles. The molecular formula is C15H20N4O2. The minimum atomic E-state index is -0.110. The second-order valence-electron chi connectivity index (χ2n) is 5.98. The van der Waals surface area contributed by atoms with Crippen LogP contribution in [0.3, 0.4) is 0 Å². The molecule has 112 valence electrons. The van der Waals surface area contributed by atoms with E-state index >= 15 is 0 Å². The molecule has 2 amide bonds. The Labute approximate surface area is 124 Å². The summed E-state index contributed by atoms with van der Waals surface area (Å²) in [6.07, 6.45) is 4.91. The number of anilines is 1. The normalized spacial score (nSPS) is 28.1. The molecule has 0 bridgehead atoms. The first kappa shape index (κ1) is 14.0. The summed E-state index contributed by atoms with van der Waals surface area (Å²) in [4.78, 5) is 34.6. The van der Waals surface area contributed by atoms with Crippen molar-refractivity contribution in [1.82, 2.24) is 14.9 Å². The van der Waals surface area contributed by atoms with E-state index in [0.717, 1.165) is 19.4 Å². The van der Waals surface area contributed by atoms with Crippen LogP contribution < -0.4 is 5.32 Å². The smallest absolute Gasteiger partial charge is 0.233 e. The van der Waals surface area contributed by atoms with Crippen LogP contribution in [0.1, 0.15) is 32.4 Å². The summed E-state index contributed by atoms with van der Waals surface area (Å²) in [5.74, 6) is 0.877. The van der Waals surface area contributed by atoms with Crippen LogP contribution in [0.15, 0.2) is 12.4 Å². The summed E-state index contributed by atoms with van der Waals surface area (Å²) in [7, 11) is 0. The SMILES string of the molecule is CCNc1cnc(CN2C(=O)C3CC(C)CC3C2=O)cn1. The van der Waals surface area contributed by atoms with Gasteiger partial charge < -0.3 is 5.32 Å². The van der Waals surface area contributed by atoms with E-state index in [1.54, 1.807) is 12.4 Å². The van der Waals surface area contributed by atoms with Crippen LogP contribution in [0.25, 0.3) is 0 Å². The average Bonchev–Trinajstić information content (AvgIpc) is 2.95. The molecule has 2 fully saturated rings. The Morgan fingerprint density at radius 1 is 1.19 bits per heavy atom. The van der Waals surface area contributed by atoms with Crippen molar-refractivity contribution in [2.75, 3.05) is 11.9 Å². The molecule has 0 spiro atoms. The van der Waals surface area contributed by atoms with Crippen LogP contribution in [-0.2, 0) is 16.1 Å². The topological polar surface area (TPSA) is 75.2 Å². The highest BCUT2D eigenvalue weighted by Crippen LogP contribution is 2.43. The van der Waals surface area contributed by atoms with Gasteiger partial charge in [-0.2, -0.15) is 0 Å². The lowest BCUT2D eigenvalue weighted by Gasteiger charge is -2.16. The van der Waals surface area contributed by atoms with E-state index in [0.29, 0.717) is 17.4 Å². The Balaban J connectivity index is 1.71. The molecule has 2 unspecified atom stereocenters. The number of carbonyl (C=O) groups excluding carboxylic acids is 2. The molecule has 3 rings (SSSR count). The highest BCUT2D eigenvalue weighted by Gasteiger charge is 2.51. The molecule has 1 aromatic rings. The number of imide groups is 1. The molecule has 0 aromatic carbocycles. The van der Waals surface area contributed by atoms with Crippen molar-refractivity contribution in [3.05, 3.63) is 18.1 Å². The molecule has 0 radical (unpaired) electrons. The zero-order valence-electron chi connectivity index (χ0n) is 12.4. The lowest BCUT2D eigenvalue weighted by Crippen LogP contribution is -2.32. The first-order valence-electron chi connectivity index (χ1n) is 7.50. The van der Waals surface area contributed by atoms with Crippen LogP contribution in [0.2, 0.25) is 0 Å². The largest absolute Gasteiger partial charge is 0.369 e. The molecule has 1 aliphatic carbocycles. The van der Waals surface area contributed by atoms with Crippen LogP contribution in [0.5, 0.6) is 0 Å². The zero-order chi connectivity index (χ0) is 15.0. The monoisotopic (exact) mass is 288 g/mol. The summed E-state index contributed by atoms with van der Waals surface area (Å²) in [5.41, 5.74) is 0.645. The Kier molecular flexibility index (Phi) is 3.61. The van der Waals surface area contributed by atoms with Gasteiger partial charge in [0, 0.05) is 6.54 Å². The number of fused-ring (bicyclic) bond motifs is 1. The molecule has 1 aliphatic heterocycles. The number of rotatable bonds is 4. The van der Waals surface area contributed by atoms with Crippen molar-refractivity contribution in [3.8, 4) is 0 Å². The van der Waals surface area contributed by atoms with E-state index in [4.69, 9.17) is 0 Å². The Morgan fingerprint density at radius 3 is 2.38 bits per heavy atom. The Hall–Kier alpha value is -1.98. The van der Waals surface area contributed by atoms with Gasteiger partial charge in [-0.25, -0.2) is 4.98 Å². The van der Waals surface area contributed by atoms with Crippen molar-refractivity contribution in [2.45, 2.75) is 33.2 Å². The fourth-order valence-electron chi connectivity index (χ4n) is 3.37. The molecular weight excluding hydrogens is 268 g/mol. The van der Waals surface area contributed by atoms with Gasteiger partial charge in [-0.05, 0) is 25.7 Å². The van der Waals surface area contributed by atoms with Gasteiger partial charge in [-0.3, -0.25) is 19.5 Å². The van der Waals surface area contributed by atoms with Crippen LogP contribution in [0, 0.1) is 17.8 Å². The average molecular weight is 288 g/mol. The third kappa shape index (κ3) is 2.50. The highest BCUT2D eigenvalue weighted by atomic mass is 16.2. The van der Waals surface area contributed by atoms with E-state index in [2.05, 4.69) is 22.2 Å². The number of likely N-dealkylation sites (tertiary alicyclic amines) is 1. The molecule has 6 nitrogen and oxygen atoms in total. The maximum absolute atomic E-state index is 12.4. The molecule has 21 heavy (non-hydrogen) atoms. The minimum absolute atomic E-state index is 0.0353. The van der Waals surface area contributed by atoms with Gasteiger partial charge in [-0.15, -0.1) is 0 Å². The molecule has 1 aromatic heterocycles. The molecule has 1 N–H and O–H groups in total. The standard InChI is InChI=1S/C15H20N4O2/c1-3-16-13-7-17-10(6-18-13)8-19-14(20)11-4-9(2)5-12(11)15(19)21/h6-7,9,11-12H,3-5,8H2,1-2H3,(H,16,18). The summed E-state index contributed by atoms with van der Waals surface area (Å²) in [6, 6.07) is 0. The van der Waals surface area contributed by atoms with Crippen molar-refractivity contribution in [2.24, 2.45) is 17.8 Å². The summed E-state index contributed by atoms with van der Waals surface area (Å²) < 4.78 is 0. The van der Waals surface area contributed by atoms with Crippen molar-refractivity contribution in [1.29, 1.82) is 0 Å². The molecule has 2 aliphatic rings. The van der Waals surface area contributed by atoms with Gasteiger partial charge in [0.2, 0.25) is 11.8 Å². The fourth-order valence-corrected chi connectivity index (χ4v) is 3.37. The predicted molar refractivity (Wildman–Crippen MR) is 77.1 cm³/mol. The number of nitrogens with zero attached hydrogens (tertiary/aromatic N) is 3. The second-order valence-corrected chi connectivity index (χ2v) is 5.98. The van der Waals surface area contributed by atoms with Crippen LogP contribution >= 0.6 is 0 Å². The minimum Gasteiger partial charge on any atom is -0.369 e. The third-order valence-electron chi connectivity index (χ3n) is 4.35. The van der Waals surface area contributed by atoms with Crippen LogP contribution in [-0.4, -0.2) is 33.2 Å². The number of hydrogen-bond acceptors (Lipinski definition) is 5. The molecule has 2 heterocycles. The zero-order valence-corrected chi connectivity index (χ0v) is 12.4. The number of hydrogen-bond donors (Lipinski definition) is 1. The lowest BCUT2D eigenvalue weighted by atomic mass is 10.00. The first-order valence-corrected chi connectivity index (χ1v) is 7.50. The molecule has 6 heteroatoms. The van der Waals surface area contributed by atoms with Crippen molar-refractivity contribution < 1.29 is 9.59 Å². The molecule has 1 saturated heterocycles. The number of nitrogens with one attached hydrogen (secondary N) is 1. The maximum Gasteiger partial charge on any atom is 0.233 e. The second kappa shape index (κ2) is 5.42. The van der Waals surface area contributed by atoms with E-state index in [-0.39, 0.29) is 30.2 Å². The quantitative estimate of drug-likeness (QED) is 0.848. The third-order valence-corrected chi connectivity index (χ3v) is 4.35. The van der Waals surface area contributed by atoms with Gasteiger partial charge in [0.05, 0.1) is 36.5 Å². The van der Waals surface area contributed by atoms with E-state index in [9.17, 15) is 9.59 Å². The van der Waals surface area contributed by atoms with Gasteiger partial charge in [0.15, 0.2) is 0 Å². The first-order chi connectivity index (χ1) is 10.1. The maximum atomic E-state index is 12.4. The van der Waals surface area contributed by atoms with Gasteiger partial charge >= 0.3 is 0 Å². The molecule has 2 atom stereocenters. The van der Waals surface area contributed by atoms with Crippen molar-refractivity contribution in [3.63, 3.8) is 0 Å². The van der Waals surface area contributed by atoms with Crippen molar-refractivity contribution >= 4 is 17.6 Å². The number of amides is 2. The predicted octanol–water partition coefficient (Wildman–Crippen LogP) is 1.44. The Bertz CT molecular complexity index is 533. The summed E-state index contributed by atoms with van der Waals surface area (Å²) >= 11 is 0. The van der Waals surface area contributed by atoms with Gasteiger partial charge in [0.1, 0.15) is 5.82 Å². The number of carbonyl (C=O) groups is 2. The highest BCUT2D eigenvalue weighted by molar-refractivity contribution is 6.05. The summed E-state index contributed by atoms with van der Waals surface area (Å²) in [6.45, 7) is 5.10. The van der Waals surface area contributed by atoms with E-state index in [1.165, 1.54) is 4.90 Å². The van der Waals surface area contributed by atoms with Gasteiger partial charge in [0.25, 0.3) is 0 Å². The lowest BCUT2D eigenvalue weighted by molar-refractivity contribution is -0.141. The van der Waals surface area contributed by atoms with Crippen LogP contribution in [0.4, 0.5) is 5.82 Å². The Morgan fingerprint density at radius 2 is 1.86 bits per heavy atom. The number of aromatic nitrogens is 2. The van der Waals surface area contributed by atoms with E-state index < -0.39 is 0 Å². The fraction of sp³-hybridized carbons (Fsp3) is 0.600. The van der Waals surface area contributed by atoms with E-state index in [1.807, 2.05) is 6.92 Å². The summed E-state index contributed by atoms with van der Waals surface area (Å²) in [5, 5.41) is 3.06. The van der Waals surface area contributed by atoms with Gasteiger partial charge in [-0.1, -0.05) is 6.92 Å².